The summed E-state index contributed by atoms with van der Waals surface area (Å²) < 4.78 is 1.71. The number of rotatable bonds is 2. The van der Waals surface area contributed by atoms with Crippen molar-refractivity contribution in [2.24, 2.45) is 13.0 Å². The fourth-order valence-electron chi connectivity index (χ4n) is 1.84. The van der Waals surface area contributed by atoms with Crippen molar-refractivity contribution < 1.29 is 4.79 Å². The van der Waals surface area contributed by atoms with Gasteiger partial charge in [-0.05, 0) is 19.9 Å². The van der Waals surface area contributed by atoms with Crippen molar-refractivity contribution in [3.63, 3.8) is 0 Å². The summed E-state index contributed by atoms with van der Waals surface area (Å²) in [4.78, 5) is 11.8. The van der Waals surface area contributed by atoms with Gasteiger partial charge in [0.1, 0.15) is 0 Å². The smallest absolute Gasteiger partial charge is 0.228 e. The van der Waals surface area contributed by atoms with Crippen LogP contribution in [0.4, 0.5) is 5.69 Å². The molecule has 0 bridgehead atoms. The van der Waals surface area contributed by atoms with Crippen LogP contribution in [-0.4, -0.2) is 28.8 Å². The molecule has 1 fully saturated rings. The van der Waals surface area contributed by atoms with Gasteiger partial charge in [0.2, 0.25) is 5.91 Å². The standard InChI is InChI=1S/C10H16N4O/c1-7-9(6-14(2)13-7)12-10(15)8-3-4-11-5-8/h6,8,11H,3-5H2,1-2H3,(H,12,15). The van der Waals surface area contributed by atoms with Crippen molar-refractivity contribution in [1.82, 2.24) is 15.1 Å². The number of amides is 1. The number of anilines is 1. The number of hydrogen-bond donors (Lipinski definition) is 2. The molecule has 1 aromatic heterocycles. The van der Waals surface area contributed by atoms with Gasteiger partial charge in [0, 0.05) is 19.8 Å². The summed E-state index contributed by atoms with van der Waals surface area (Å²) in [5.41, 5.74) is 1.67. The van der Waals surface area contributed by atoms with Crippen LogP contribution in [0.25, 0.3) is 0 Å². The van der Waals surface area contributed by atoms with Crippen LogP contribution < -0.4 is 10.6 Å². The minimum atomic E-state index is 0.0936. The monoisotopic (exact) mass is 208 g/mol. The quantitative estimate of drug-likeness (QED) is 0.733. The van der Waals surface area contributed by atoms with E-state index in [-0.39, 0.29) is 11.8 Å². The summed E-state index contributed by atoms with van der Waals surface area (Å²) in [5.74, 6) is 0.195. The normalized spacial score (nSPS) is 20.5. The van der Waals surface area contributed by atoms with Crippen molar-refractivity contribution in [1.29, 1.82) is 0 Å². The van der Waals surface area contributed by atoms with E-state index < -0.39 is 0 Å². The number of aromatic nitrogens is 2. The van der Waals surface area contributed by atoms with E-state index >= 15 is 0 Å². The fraction of sp³-hybridized carbons (Fsp3) is 0.600. The van der Waals surface area contributed by atoms with E-state index in [0.29, 0.717) is 0 Å². The molecule has 1 unspecified atom stereocenters. The maximum atomic E-state index is 11.8. The van der Waals surface area contributed by atoms with Crippen LogP contribution >= 0.6 is 0 Å². The highest BCUT2D eigenvalue weighted by Crippen LogP contribution is 2.15. The summed E-state index contributed by atoms with van der Waals surface area (Å²) >= 11 is 0. The molecule has 1 aliphatic heterocycles. The molecule has 2 N–H and O–H groups in total. The molecular weight excluding hydrogens is 192 g/mol. The molecule has 0 spiro atoms. The lowest BCUT2D eigenvalue weighted by atomic mass is 10.1. The van der Waals surface area contributed by atoms with Gasteiger partial charge in [0.05, 0.1) is 17.3 Å². The number of aryl methyl sites for hydroxylation is 2. The van der Waals surface area contributed by atoms with Crippen LogP contribution in [0.2, 0.25) is 0 Å². The molecule has 5 nitrogen and oxygen atoms in total. The molecule has 0 radical (unpaired) electrons. The first-order valence-electron chi connectivity index (χ1n) is 5.18. The van der Waals surface area contributed by atoms with Crippen LogP contribution in [0.5, 0.6) is 0 Å². The average molecular weight is 208 g/mol. The molecule has 2 heterocycles. The maximum Gasteiger partial charge on any atom is 0.228 e. The molecule has 15 heavy (non-hydrogen) atoms. The first-order chi connectivity index (χ1) is 7.16. The number of nitrogens with one attached hydrogen (secondary N) is 2. The predicted molar refractivity (Wildman–Crippen MR) is 57.6 cm³/mol. The Balaban J connectivity index is 2.01. The molecule has 0 aliphatic carbocycles. The fourth-order valence-corrected chi connectivity index (χ4v) is 1.84. The first kappa shape index (κ1) is 10.2. The molecule has 5 heteroatoms. The van der Waals surface area contributed by atoms with Crippen LogP contribution in [0.1, 0.15) is 12.1 Å². The minimum absolute atomic E-state index is 0.0936. The summed E-state index contributed by atoms with van der Waals surface area (Å²) in [6.45, 7) is 3.61. The van der Waals surface area contributed by atoms with Gasteiger partial charge in [-0.2, -0.15) is 5.10 Å². The summed E-state index contributed by atoms with van der Waals surface area (Å²) in [6.07, 6.45) is 2.75. The summed E-state index contributed by atoms with van der Waals surface area (Å²) in [5, 5.41) is 10.3. The zero-order chi connectivity index (χ0) is 10.8. The third kappa shape index (κ3) is 2.18. The topological polar surface area (TPSA) is 59.0 Å². The van der Waals surface area contributed by atoms with Gasteiger partial charge in [0.15, 0.2) is 0 Å². The lowest BCUT2D eigenvalue weighted by molar-refractivity contribution is -0.119. The van der Waals surface area contributed by atoms with Crippen molar-refractivity contribution in [2.75, 3.05) is 18.4 Å². The molecule has 1 saturated heterocycles. The van der Waals surface area contributed by atoms with Crippen LogP contribution in [0.3, 0.4) is 0 Å². The predicted octanol–water partition coefficient (Wildman–Crippen LogP) is 0.277. The van der Waals surface area contributed by atoms with Crippen LogP contribution in [0.15, 0.2) is 6.20 Å². The molecular formula is C10H16N4O. The highest BCUT2D eigenvalue weighted by molar-refractivity contribution is 5.93. The Labute approximate surface area is 88.8 Å². The molecule has 2 rings (SSSR count). The minimum Gasteiger partial charge on any atom is -0.323 e. The molecule has 0 saturated carbocycles. The van der Waals surface area contributed by atoms with Gasteiger partial charge < -0.3 is 10.6 Å². The van der Waals surface area contributed by atoms with Crippen LogP contribution in [-0.2, 0) is 11.8 Å². The molecule has 1 aromatic rings. The molecule has 82 valence electrons. The SMILES string of the molecule is Cc1nn(C)cc1NC(=O)C1CCNC1. The Morgan fingerprint density at radius 2 is 2.53 bits per heavy atom. The molecule has 1 atom stereocenters. The van der Waals surface area contributed by atoms with Crippen molar-refractivity contribution >= 4 is 11.6 Å². The average Bonchev–Trinajstić information content (AvgIpc) is 2.76. The van der Waals surface area contributed by atoms with Gasteiger partial charge in [-0.25, -0.2) is 0 Å². The van der Waals surface area contributed by atoms with Crippen LogP contribution in [0, 0.1) is 12.8 Å². The zero-order valence-corrected chi connectivity index (χ0v) is 9.08. The van der Waals surface area contributed by atoms with Gasteiger partial charge in [-0.15, -0.1) is 0 Å². The van der Waals surface area contributed by atoms with E-state index in [1.54, 1.807) is 4.68 Å². The zero-order valence-electron chi connectivity index (χ0n) is 9.08. The van der Waals surface area contributed by atoms with E-state index in [2.05, 4.69) is 15.7 Å². The number of nitrogens with zero attached hydrogens (tertiary/aromatic N) is 2. The van der Waals surface area contributed by atoms with Crippen molar-refractivity contribution in [2.45, 2.75) is 13.3 Å². The highest BCUT2D eigenvalue weighted by Gasteiger charge is 2.23. The Kier molecular flexibility index (Phi) is 2.73. The van der Waals surface area contributed by atoms with Gasteiger partial charge in [-0.3, -0.25) is 9.48 Å². The van der Waals surface area contributed by atoms with E-state index in [0.717, 1.165) is 30.9 Å². The van der Waals surface area contributed by atoms with E-state index in [1.165, 1.54) is 0 Å². The molecule has 1 aliphatic rings. The van der Waals surface area contributed by atoms with Crippen molar-refractivity contribution in [3.8, 4) is 0 Å². The van der Waals surface area contributed by atoms with Gasteiger partial charge >= 0.3 is 0 Å². The number of carbonyl (C=O) groups excluding carboxylic acids is 1. The lowest BCUT2D eigenvalue weighted by Crippen LogP contribution is -2.24. The molecule has 1 amide bonds. The van der Waals surface area contributed by atoms with E-state index in [9.17, 15) is 4.79 Å². The molecule has 0 aromatic carbocycles. The largest absolute Gasteiger partial charge is 0.323 e. The Bertz CT molecular complexity index is 365. The van der Waals surface area contributed by atoms with E-state index in [1.807, 2.05) is 20.2 Å². The summed E-state index contributed by atoms with van der Waals surface area (Å²) in [6, 6.07) is 0. The first-order valence-corrected chi connectivity index (χ1v) is 5.18. The van der Waals surface area contributed by atoms with Gasteiger partial charge in [0.25, 0.3) is 0 Å². The van der Waals surface area contributed by atoms with E-state index in [4.69, 9.17) is 0 Å². The summed E-state index contributed by atoms with van der Waals surface area (Å²) in [7, 11) is 1.85. The number of hydrogen-bond acceptors (Lipinski definition) is 3. The highest BCUT2D eigenvalue weighted by atomic mass is 16.1. The third-order valence-electron chi connectivity index (χ3n) is 2.70. The Hall–Kier alpha value is -1.36. The second kappa shape index (κ2) is 4.02. The van der Waals surface area contributed by atoms with Gasteiger partial charge in [-0.1, -0.05) is 0 Å². The van der Waals surface area contributed by atoms with Crippen molar-refractivity contribution in [3.05, 3.63) is 11.9 Å². The lowest BCUT2D eigenvalue weighted by Gasteiger charge is -2.08. The number of carbonyl (C=O) groups is 1. The second-order valence-electron chi connectivity index (χ2n) is 3.98. The third-order valence-corrected chi connectivity index (χ3v) is 2.70. The second-order valence-corrected chi connectivity index (χ2v) is 3.98. The Morgan fingerprint density at radius 1 is 1.73 bits per heavy atom. The maximum absolute atomic E-state index is 11.8. The Morgan fingerprint density at radius 3 is 3.07 bits per heavy atom.